The molecule has 0 aliphatic rings. The fourth-order valence-electron chi connectivity index (χ4n) is 1.32. The van der Waals surface area contributed by atoms with Crippen LogP contribution in [0.2, 0.25) is 0 Å². The van der Waals surface area contributed by atoms with Crippen molar-refractivity contribution in [3.05, 3.63) is 11.9 Å². The van der Waals surface area contributed by atoms with E-state index in [2.05, 4.69) is 5.10 Å². The molecule has 1 aromatic heterocycles. The van der Waals surface area contributed by atoms with Crippen LogP contribution in [-0.4, -0.2) is 33.9 Å². The first-order chi connectivity index (χ1) is 6.99. The third-order valence-electron chi connectivity index (χ3n) is 2.08. The van der Waals surface area contributed by atoms with Gasteiger partial charge in [0.15, 0.2) is 5.75 Å². The number of aliphatic hydroxyl groups is 1. The van der Waals surface area contributed by atoms with Gasteiger partial charge in [-0.3, -0.25) is 9.48 Å². The van der Waals surface area contributed by atoms with Crippen molar-refractivity contribution in [3.63, 3.8) is 0 Å². The molecule has 1 N–H and O–H groups in total. The summed E-state index contributed by atoms with van der Waals surface area (Å²) in [5.74, 6) is 0.0210. The van der Waals surface area contributed by atoms with E-state index < -0.39 is 6.10 Å². The fraction of sp³-hybridized carbons (Fsp3) is 0.600. The summed E-state index contributed by atoms with van der Waals surface area (Å²) in [6.07, 6.45) is 0.434. The number of ether oxygens (including phenoxy) is 1. The minimum Gasteiger partial charge on any atom is -0.493 e. The third-order valence-corrected chi connectivity index (χ3v) is 2.08. The Morgan fingerprint density at radius 2 is 2.13 bits per heavy atom. The van der Waals surface area contributed by atoms with Gasteiger partial charge in [-0.15, -0.1) is 0 Å². The van der Waals surface area contributed by atoms with Crippen molar-refractivity contribution >= 4 is 5.78 Å². The molecule has 0 aliphatic carbocycles. The molecule has 1 rings (SSSR count). The van der Waals surface area contributed by atoms with Crippen LogP contribution in [-0.2, 0) is 0 Å². The van der Waals surface area contributed by atoms with E-state index in [1.165, 1.54) is 20.2 Å². The molecule has 0 amide bonds. The van der Waals surface area contributed by atoms with Gasteiger partial charge < -0.3 is 9.84 Å². The van der Waals surface area contributed by atoms with Crippen molar-refractivity contribution in [2.75, 3.05) is 7.11 Å². The number of aliphatic hydroxyl groups excluding tert-OH is 1. The predicted octanol–water partition coefficient (Wildman–Crippen LogP) is 1.04. The molecule has 84 valence electrons. The maximum Gasteiger partial charge on any atom is 0.212 e. The van der Waals surface area contributed by atoms with Gasteiger partial charge in [0, 0.05) is 6.04 Å². The number of ketones is 1. The molecule has 0 aromatic carbocycles. The van der Waals surface area contributed by atoms with Gasteiger partial charge in [-0.1, -0.05) is 0 Å². The highest BCUT2D eigenvalue weighted by Crippen LogP contribution is 2.22. The molecule has 0 bridgehead atoms. The first-order valence-corrected chi connectivity index (χ1v) is 4.82. The number of methoxy groups -OCH3 is 1. The van der Waals surface area contributed by atoms with Gasteiger partial charge in [-0.25, -0.2) is 0 Å². The Hall–Kier alpha value is -1.36. The number of nitrogens with zero attached hydrogens (tertiary/aromatic N) is 2. The number of carbonyl (C=O) groups is 1. The molecule has 15 heavy (non-hydrogen) atoms. The van der Waals surface area contributed by atoms with E-state index in [9.17, 15) is 9.90 Å². The second-order valence-corrected chi connectivity index (χ2v) is 3.64. The zero-order valence-electron chi connectivity index (χ0n) is 9.39. The Morgan fingerprint density at radius 3 is 2.53 bits per heavy atom. The Morgan fingerprint density at radius 1 is 1.53 bits per heavy atom. The lowest BCUT2D eigenvalue weighted by molar-refractivity contribution is 0.0762. The number of rotatable bonds is 4. The molecule has 0 saturated heterocycles. The van der Waals surface area contributed by atoms with Crippen molar-refractivity contribution in [1.29, 1.82) is 0 Å². The normalized spacial score (nSPS) is 12.9. The van der Waals surface area contributed by atoms with Gasteiger partial charge in [0.1, 0.15) is 11.8 Å². The lowest BCUT2D eigenvalue weighted by Crippen LogP contribution is -2.22. The molecule has 5 nitrogen and oxygen atoms in total. The number of hydrogen-bond donors (Lipinski definition) is 1. The van der Waals surface area contributed by atoms with E-state index in [-0.39, 0.29) is 11.8 Å². The molecule has 0 saturated carbocycles. The molecule has 1 unspecified atom stereocenters. The molecule has 0 aliphatic heterocycles. The highest BCUT2D eigenvalue weighted by atomic mass is 16.5. The molecule has 5 heteroatoms. The van der Waals surface area contributed by atoms with Crippen molar-refractivity contribution in [3.8, 4) is 5.75 Å². The van der Waals surface area contributed by atoms with Crippen LogP contribution in [0.3, 0.4) is 0 Å². The summed E-state index contributed by atoms with van der Waals surface area (Å²) < 4.78 is 6.58. The summed E-state index contributed by atoms with van der Waals surface area (Å²) in [7, 11) is 1.47. The largest absolute Gasteiger partial charge is 0.493 e. The van der Waals surface area contributed by atoms with E-state index in [0.29, 0.717) is 11.4 Å². The number of carbonyl (C=O) groups excluding carboxylic acids is 1. The predicted molar refractivity (Wildman–Crippen MR) is 55.2 cm³/mol. The summed E-state index contributed by atoms with van der Waals surface area (Å²) in [6, 6.07) is 0.0478. The summed E-state index contributed by atoms with van der Waals surface area (Å²) in [6.45, 7) is 5.25. The molecule has 1 atom stereocenters. The van der Waals surface area contributed by atoms with Crippen molar-refractivity contribution in [2.24, 2.45) is 0 Å². The van der Waals surface area contributed by atoms with Gasteiger partial charge in [0.05, 0.1) is 13.3 Å². The van der Waals surface area contributed by atoms with E-state index in [0.717, 1.165) is 0 Å². The zero-order valence-corrected chi connectivity index (χ0v) is 9.39. The van der Waals surface area contributed by atoms with Gasteiger partial charge >= 0.3 is 0 Å². The van der Waals surface area contributed by atoms with Crippen LogP contribution in [0.5, 0.6) is 5.75 Å². The van der Waals surface area contributed by atoms with Crippen molar-refractivity contribution in [2.45, 2.75) is 32.9 Å². The van der Waals surface area contributed by atoms with E-state index in [1.54, 1.807) is 4.68 Å². The van der Waals surface area contributed by atoms with E-state index in [4.69, 9.17) is 4.74 Å². The zero-order chi connectivity index (χ0) is 11.6. The Bertz CT molecular complexity index is 356. The standard InChI is InChI=1S/C10H16N2O3/c1-6(2)12-9(10(14)7(3)13)8(15-4)5-11-12/h5-7,13H,1-4H3. The minimum atomic E-state index is -1.05. The molecule has 0 fully saturated rings. The lowest BCUT2D eigenvalue weighted by atomic mass is 10.1. The molecule has 1 heterocycles. The summed E-state index contributed by atoms with van der Waals surface area (Å²) >= 11 is 0. The number of aromatic nitrogens is 2. The van der Waals surface area contributed by atoms with E-state index >= 15 is 0 Å². The van der Waals surface area contributed by atoms with Crippen molar-refractivity contribution in [1.82, 2.24) is 9.78 Å². The third kappa shape index (κ3) is 2.18. The molecule has 0 radical (unpaired) electrons. The lowest BCUT2D eigenvalue weighted by Gasteiger charge is -2.12. The number of Topliss-reactive ketones (excluding diaryl/α,β-unsaturated/α-hetero) is 1. The van der Waals surface area contributed by atoms with Crippen LogP contribution >= 0.6 is 0 Å². The SMILES string of the molecule is COc1cnn(C(C)C)c1C(=O)C(C)O. The highest BCUT2D eigenvalue weighted by molar-refractivity contribution is 5.99. The molecular formula is C10H16N2O3. The monoisotopic (exact) mass is 212 g/mol. The maximum atomic E-state index is 11.7. The molecule has 0 spiro atoms. The average molecular weight is 212 g/mol. The van der Waals surface area contributed by atoms with Crippen LogP contribution < -0.4 is 4.74 Å². The Kier molecular flexibility index (Phi) is 3.47. The van der Waals surface area contributed by atoms with Crippen LogP contribution in [0.1, 0.15) is 37.3 Å². The average Bonchev–Trinajstić information content (AvgIpc) is 2.59. The summed E-state index contributed by atoms with van der Waals surface area (Å²) in [5, 5.41) is 13.3. The fourth-order valence-corrected chi connectivity index (χ4v) is 1.32. The van der Waals surface area contributed by atoms with Crippen LogP contribution in [0.25, 0.3) is 0 Å². The quantitative estimate of drug-likeness (QED) is 0.757. The maximum absolute atomic E-state index is 11.7. The Balaban J connectivity index is 3.22. The highest BCUT2D eigenvalue weighted by Gasteiger charge is 2.23. The second-order valence-electron chi connectivity index (χ2n) is 3.64. The van der Waals surface area contributed by atoms with Crippen molar-refractivity contribution < 1.29 is 14.6 Å². The Labute approximate surface area is 88.7 Å². The summed E-state index contributed by atoms with van der Waals surface area (Å²) in [4.78, 5) is 11.7. The molecular weight excluding hydrogens is 196 g/mol. The van der Waals surface area contributed by atoms with Gasteiger partial charge in [-0.2, -0.15) is 5.10 Å². The molecule has 1 aromatic rings. The first-order valence-electron chi connectivity index (χ1n) is 4.82. The van der Waals surface area contributed by atoms with Gasteiger partial charge in [-0.05, 0) is 20.8 Å². The van der Waals surface area contributed by atoms with Gasteiger partial charge in [0.2, 0.25) is 5.78 Å². The minimum absolute atomic E-state index is 0.0478. The smallest absolute Gasteiger partial charge is 0.212 e. The second kappa shape index (κ2) is 4.44. The van der Waals surface area contributed by atoms with Crippen LogP contribution in [0, 0.1) is 0 Å². The van der Waals surface area contributed by atoms with Crippen LogP contribution in [0.4, 0.5) is 0 Å². The number of hydrogen-bond acceptors (Lipinski definition) is 4. The van der Waals surface area contributed by atoms with E-state index in [1.807, 2.05) is 13.8 Å². The summed E-state index contributed by atoms with van der Waals surface area (Å²) in [5.41, 5.74) is 0.322. The van der Waals surface area contributed by atoms with Crippen LogP contribution in [0.15, 0.2) is 6.20 Å². The van der Waals surface area contributed by atoms with Gasteiger partial charge in [0.25, 0.3) is 0 Å². The first kappa shape index (κ1) is 11.7. The topological polar surface area (TPSA) is 64.4 Å².